The molecule has 0 saturated carbocycles. The van der Waals surface area contributed by atoms with Crippen LogP contribution in [0.3, 0.4) is 0 Å². The maximum atomic E-state index is 12.8. The molecule has 1 aromatic rings. The number of nitro groups is 1. The molecule has 0 heterocycles. The highest BCUT2D eigenvalue weighted by Gasteiger charge is 2.28. The fraction of sp³-hybridized carbons (Fsp3) is 0.364. The monoisotopic (exact) mass is 290 g/mol. The Morgan fingerprint density at radius 3 is 2.70 bits per heavy atom. The van der Waals surface area contributed by atoms with E-state index in [1.165, 1.54) is 7.11 Å². The van der Waals surface area contributed by atoms with Gasteiger partial charge in [-0.15, -0.1) is 0 Å². The molecule has 9 heteroatoms. The first-order valence-corrected chi connectivity index (χ1v) is 5.40. The van der Waals surface area contributed by atoms with Crippen LogP contribution < -0.4 is 10.1 Å². The van der Waals surface area contributed by atoms with E-state index in [-0.39, 0.29) is 17.0 Å². The van der Waals surface area contributed by atoms with E-state index in [2.05, 4.69) is 0 Å². The molecule has 0 unspecified atom stereocenters. The van der Waals surface area contributed by atoms with E-state index in [1.807, 2.05) is 5.32 Å². The summed E-state index contributed by atoms with van der Waals surface area (Å²) >= 11 is 0. The van der Waals surface area contributed by atoms with Crippen LogP contribution in [0.4, 0.5) is 14.5 Å². The average Bonchev–Trinajstić information content (AvgIpc) is 2.43. The fourth-order valence-electron chi connectivity index (χ4n) is 1.34. The molecule has 110 valence electrons. The zero-order valence-corrected chi connectivity index (χ0v) is 10.4. The lowest BCUT2D eigenvalue weighted by Gasteiger charge is -2.14. The Morgan fingerprint density at radius 2 is 2.20 bits per heavy atom. The summed E-state index contributed by atoms with van der Waals surface area (Å²) in [6.07, 6.45) is 0. The minimum absolute atomic E-state index is 0.0683. The van der Waals surface area contributed by atoms with Crippen LogP contribution in [0.25, 0.3) is 0 Å². The second kappa shape index (κ2) is 6.24. The number of halogens is 2. The summed E-state index contributed by atoms with van der Waals surface area (Å²) < 4.78 is 30.3. The van der Waals surface area contributed by atoms with Crippen molar-refractivity contribution in [2.24, 2.45) is 0 Å². The molecule has 0 radical (unpaired) electrons. The van der Waals surface area contributed by atoms with Gasteiger partial charge in [0.25, 0.3) is 11.8 Å². The van der Waals surface area contributed by atoms with Crippen LogP contribution in [-0.4, -0.2) is 42.1 Å². The maximum absolute atomic E-state index is 12.8. The van der Waals surface area contributed by atoms with Gasteiger partial charge in [-0.1, -0.05) is 0 Å². The van der Waals surface area contributed by atoms with Crippen molar-refractivity contribution >= 4 is 11.6 Å². The second-order valence-corrected chi connectivity index (χ2v) is 3.84. The predicted octanol–water partition coefficient (Wildman–Crippen LogP) is 0.961. The van der Waals surface area contributed by atoms with Gasteiger partial charge in [-0.3, -0.25) is 14.9 Å². The molecule has 1 rings (SSSR count). The normalized spacial score (nSPS) is 11.0. The van der Waals surface area contributed by atoms with Gasteiger partial charge in [0.2, 0.25) is 0 Å². The van der Waals surface area contributed by atoms with E-state index in [0.717, 1.165) is 18.2 Å². The number of nitro benzene ring substituents is 1. The number of hydrogen-bond acceptors (Lipinski definition) is 5. The Bertz CT molecular complexity index is 522. The van der Waals surface area contributed by atoms with Crippen molar-refractivity contribution in [1.82, 2.24) is 5.32 Å². The van der Waals surface area contributed by atoms with E-state index in [0.29, 0.717) is 0 Å². The van der Waals surface area contributed by atoms with Crippen LogP contribution in [-0.2, 0) is 0 Å². The van der Waals surface area contributed by atoms with Gasteiger partial charge >= 0.3 is 5.69 Å². The van der Waals surface area contributed by atoms with Crippen molar-refractivity contribution in [2.45, 2.75) is 5.92 Å². The number of amides is 1. The van der Waals surface area contributed by atoms with E-state index in [4.69, 9.17) is 9.84 Å². The van der Waals surface area contributed by atoms with Crippen LogP contribution >= 0.6 is 0 Å². The van der Waals surface area contributed by atoms with Crippen molar-refractivity contribution < 1.29 is 28.3 Å². The standard InChI is InChI=1S/C11H12F2N2O5/c1-20-9-4-7(2-3-8(9)15(18)19)10(17)14-5-11(12,13)6-16/h2-4,16H,5-6H2,1H3,(H,14,17). The molecule has 0 aromatic heterocycles. The number of alkyl halides is 2. The van der Waals surface area contributed by atoms with E-state index in [1.54, 1.807) is 0 Å². The second-order valence-electron chi connectivity index (χ2n) is 3.84. The number of hydrogen-bond donors (Lipinski definition) is 2. The van der Waals surface area contributed by atoms with Gasteiger partial charge in [0.1, 0.15) is 6.61 Å². The molecular weight excluding hydrogens is 278 g/mol. The third kappa shape index (κ3) is 3.85. The molecule has 0 aliphatic carbocycles. The molecule has 0 fully saturated rings. The largest absolute Gasteiger partial charge is 0.490 e. The summed E-state index contributed by atoms with van der Waals surface area (Å²) in [5, 5.41) is 20.9. The summed E-state index contributed by atoms with van der Waals surface area (Å²) in [6, 6.07) is 3.23. The van der Waals surface area contributed by atoms with Gasteiger partial charge in [0, 0.05) is 17.7 Å². The number of aliphatic hydroxyl groups is 1. The zero-order valence-electron chi connectivity index (χ0n) is 10.4. The van der Waals surface area contributed by atoms with Gasteiger partial charge in [0.15, 0.2) is 5.75 Å². The minimum Gasteiger partial charge on any atom is -0.490 e. The van der Waals surface area contributed by atoms with E-state index < -0.39 is 29.9 Å². The first-order valence-electron chi connectivity index (χ1n) is 5.40. The van der Waals surface area contributed by atoms with Crippen LogP contribution in [0.1, 0.15) is 10.4 Å². The maximum Gasteiger partial charge on any atom is 0.310 e. The molecule has 1 aromatic carbocycles. The fourth-order valence-corrected chi connectivity index (χ4v) is 1.34. The number of carbonyl (C=O) groups is 1. The molecule has 0 bridgehead atoms. The number of nitrogens with zero attached hydrogens (tertiary/aromatic N) is 1. The molecular formula is C11H12F2N2O5. The predicted molar refractivity (Wildman–Crippen MR) is 64.0 cm³/mol. The first kappa shape index (κ1) is 15.8. The topological polar surface area (TPSA) is 102 Å². The average molecular weight is 290 g/mol. The number of carbonyl (C=O) groups excluding carboxylic acids is 1. The van der Waals surface area contributed by atoms with Crippen molar-refractivity contribution in [1.29, 1.82) is 0 Å². The number of aliphatic hydroxyl groups excluding tert-OH is 1. The smallest absolute Gasteiger partial charge is 0.310 e. The molecule has 0 atom stereocenters. The Labute approximate surface area is 112 Å². The Hall–Kier alpha value is -2.29. The lowest BCUT2D eigenvalue weighted by molar-refractivity contribution is -0.385. The van der Waals surface area contributed by atoms with Crippen LogP contribution in [0.2, 0.25) is 0 Å². The molecule has 7 nitrogen and oxygen atoms in total. The third-order valence-corrected chi connectivity index (χ3v) is 2.38. The molecule has 20 heavy (non-hydrogen) atoms. The van der Waals surface area contributed by atoms with Gasteiger partial charge in [0.05, 0.1) is 18.6 Å². The van der Waals surface area contributed by atoms with Crippen molar-refractivity contribution in [3.8, 4) is 5.75 Å². The van der Waals surface area contributed by atoms with Crippen molar-refractivity contribution in [3.05, 3.63) is 33.9 Å². The van der Waals surface area contributed by atoms with Gasteiger partial charge in [-0.05, 0) is 6.07 Å². The first-order chi connectivity index (χ1) is 9.30. The van der Waals surface area contributed by atoms with Crippen molar-refractivity contribution in [2.75, 3.05) is 20.3 Å². The molecule has 1 amide bonds. The number of nitrogens with one attached hydrogen (secondary N) is 1. The minimum atomic E-state index is -3.43. The van der Waals surface area contributed by atoms with Crippen LogP contribution in [0.5, 0.6) is 5.75 Å². The summed E-state index contributed by atoms with van der Waals surface area (Å²) in [5.74, 6) is -4.44. The highest BCUT2D eigenvalue weighted by Crippen LogP contribution is 2.27. The Kier molecular flexibility index (Phi) is 4.92. The Morgan fingerprint density at radius 1 is 1.55 bits per heavy atom. The van der Waals surface area contributed by atoms with Crippen LogP contribution in [0, 0.1) is 10.1 Å². The summed E-state index contributed by atoms with van der Waals surface area (Å²) in [6.45, 7) is -2.43. The summed E-state index contributed by atoms with van der Waals surface area (Å²) in [4.78, 5) is 21.6. The zero-order chi connectivity index (χ0) is 15.3. The molecule has 0 saturated heterocycles. The third-order valence-electron chi connectivity index (χ3n) is 2.38. The number of methoxy groups -OCH3 is 1. The molecule has 0 aliphatic heterocycles. The van der Waals surface area contributed by atoms with E-state index >= 15 is 0 Å². The Balaban J connectivity index is 2.87. The SMILES string of the molecule is COc1cc(C(=O)NCC(F)(F)CO)ccc1[N+](=O)[O-]. The summed E-state index contributed by atoms with van der Waals surface area (Å²) in [5.41, 5.74) is -0.411. The summed E-state index contributed by atoms with van der Waals surface area (Å²) in [7, 11) is 1.18. The number of benzene rings is 1. The van der Waals surface area contributed by atoms with Gasteiger partial charge < -0.3 is 15.2 Å². The highest BCUT2D eigenvalue weighted by molar-refractivity contribution is 5.95. The molecule has 0 aliphatic rings. The lowest BCUT2D eigenvalue weighted by atomic mass is 10.1. The molecule has 0 spiro atoms. The highest BCUT2D eigenvalue weighted by atomic mass is 19.3. The van der Waals surface area contributed by atoms with Gasteiger partial charge in [-0.25, -0.2) is 8.78 Å². The number of rotatable bonds is 6. The quantitative estimate of drug-likeness (QED) is 0.600. The van der Waals surface area contributed by atoms with Crippen molar-refractivity contribution in [3.63, 3.8) is 0 Å². The van der Waals surface area contributed by atoms with E-state index in [9.17, 15) is 23.7 Å². The van der Waals surface area contributed by atoms with Gasteiger partial charge in [-0.2, -0.15) is 0 Å². The number of ether oxygens (including phenoxy) is 1. The lowest BCUT2D eigenvalue weighted by Crippen LogP contribution is -2.38. The van der Waals surface area contributed by atoms with Crippen LogP contribution in [0.15, 0.2) is 18.2 Å². The molecule has 2 N–H and O–H groups in total.